The molecule has 0 radical (unpaired) electrons. The predicted octanol–water partition coefficient (Wildman–Crippen LogP) is 3.14. The molecule has 0 saturated heterocycles. The predicted molar refractivity (Wildman–Crippen MR) is 49.2 cm³/mol. The fourth-order valence-corrected chi connectivity index (χ4v) is 3.11. The van der Waals surface area contributed by atoms with E-state index in [4.69, 9.17) is 5.26 Å². The summed E-state index contributed by atoms with van der Waals surface area (Å²) in [5, 5.41) is 10.7. The van der Waals surface area contributed by atoms with Gasteiger partial charge >= 0.3 is 0 Å². The highest BCUT2D eigenvalue weighted by molar-refractivity contribution is 7.27. The third-order valence-electron chi connectivity index (χ3n) is 1.53. The summed E-state index contributed by atoms with van der Waals surface area (Å²) in [6.07, 6.45) is 0. The van der Waals surface area contributed by atoms with Crippen LogP contribution < -0.4 is 0 Å². The van der Waals surface area contributed by atoms with E-state index in [0.29, 0.717) is 0 Å². The lowest BCUT2D eigenvalue weighted by atomic mass is 10.3. The van der Waals surface area contributed by atoms with Crippen LogP contribution in [0.1, 0.15) is 10.4 Å². The molecule has 0 N–H and O–H groups in total. The van der Waals surface area contributed by atoms with Crippen LogP contribution in [0.3, 0.4) is 0 Å². The lowest BCUT2D eigenvalue weighted by Gasteiger charge is -1.76. The molecule has 0 atom stereocenters. The summed E-state index contributed by atoms with van der Waals surface area (Å²) in [4.78, 5) is 0.815. The number of nitriles is 1. The van der Waals surface area contributed by atoms with Gasteiger partial charge in [-0.1, -0.05) is 0 Å². The molecule has 0 saturated carbocycles. The molecule has 2 rings (SSSR count). The van der Waals surface area contributed by atoms with Crippen molar-refractivity contribution >= 4 is 32.1 Å². The average Bonchev–Trinajstić information content (AvgIpc) is 2.53. The van der Waals surface area contributed by atoms with E-state index in [-0.39, 0.29) is 0 Å². The first-order valence-electron chi connectivity index (χ1n) is 3.19. The Labute approximate surface area is 72.5 Å². The van der Waals surface area contributed by atoms with Crippen molar-refractivity contribution in [1.29, 1.82) is 5.26 Å². The monoisotopic (exact) mass is 179 g/mol. The SMILES string of the molecule is Cc1csc2cc(C#N)sc12. The van der Waals surface area contributed by atoms with E-state index in [1.54, 1.807) is 22.7 Å². The van der Waals surface area contributed by atoms with Crippen LogP contribution in [0.4, 0.5) is 0 Å². The van der Waals surface area contributed by atoms with Gasteiger partial charge in [0.1, 0.15) is 10.9 Å². The summed E-state index contributed by atoms with van der Waals surface area (Å²) in [5.41, 5.74) is 1.29. The summed E-state index contributed by atoms with van der Waals surface area (Å²) in [5.74, 6) is 0. The number of fused-ring (bicyclic) bond motifs is 1. The van der Waals surface area contributed by atoms with Gasteiger partial charge in [0, 0.05) is 9.40 Å². The Morgan fingerprint density at radius 2 is 2.36 bits per heavy atom. The van der Waals surface area contributed by atoms with Crippen LogP contribution in [-0.2, 0) is 0 Å². The van der Waals surface area contributed by atoms with Crippen molar-refractivity contribution in [1.82, 2.24) is 0 Å². The lowest BCUT2D eigenvalue weighted by molar-refractivity contribution is 1.53. The molecular formula is C8H5NS2. The van der Waals surface area contributed by atoms with Gasteiger partial charge in [-0.3, -0.25) is 0 Å². The zero-order chi connectivity index (χ0) is 7.84. The van der Waals surface area contributed by atoms with E-state index >= 15 is 0 Å². The van der Waals surface area contributed by atoms with Crippen LogP contribution in [0, 0.1) is 18.3 Å². The maximum Gasteiger partial charge on any atom is 0.110 e. The first-order chi connectivity index (χ1) is 5.31. The van der Waals surface area contributed by atoms with Gasteiger partial charge in [0.2, 0.25) is 0 Å². The maximum absolute atomic E-state index is 8.61. The third kappa shape index (κ3) is 0.953. The van der Waals surface area contributed by atoms with Gasteiger partial charge in [0.25, 0.3) is 0 Å². The van der Waals surface area contributed by atoms with E-state index < -0.39 is 0 Å². The molecule has 0 aromatic carbocycles. The number of rotatable bonds is 0. The van der Waals surface area contributed by atoms with Gasteiger partial charge in [-0.05, 0) is 23.9 Å². The molecule has 0 amide bonds. The number of aryl methyl sites for hydroxylation is 1. The Hall–Kier alpha value is -0.850. The molecule has 2 heterocycles. The molecule has 54 valence electrons. The molecular weight excluding hydrogens is 174 g/mol. The summed E-state index contributed by atoms with van der Waals surface area (Å²) >= 11 is 3.29. The molecule has 0 bridgehead atoms. The molecule has 11 heavy (non-hydrogen) atoms. The fraction of sp³-hybridized carbons (Fsp3) is 0.125. The highest BCUT2D eigenvalue weighted by atomic mass is 32.1. The number of thiophene rings is 2. The van der Waals surface area contributed by atoms with Gasteiger partial charge in [-0.2, -0.15) is 5.26 Å². The van der Waals surface area contributed by atoms with Crippen molar-refractivity contribution < 1.29 is 0 Å². The minimum Gasteiger partial charge on any atom is -0.192 e. The number of nitrogens with zero attached hydrogens (tertiary/aromatic N) is 1. The van der Waals surface area contributed by atoms with Gasteiger partial charge in [-0.25, -0.2) is 0 Å². The standard InChI is InChI=1S/C8H5NS2/c1-5-4-10-7-2-6(3-9)11-8(5)7/h2,4H,1H3. The number of hydrogen-bond donors (Lipinski definition) is 0. The molecule has 0 aliphatic heterocycles. The summed E-state index contributed by atoms with van der Waals surface area (Å²) < 4.78 is 2.51. The number of hydrogen-bond acceptors (Lipinski definition) is 3. The van der Waals surface area contributed by atoms with Crippen LogP contribution in [0.2, 0.25) is 0 Å². The molecule has 2 aromatic heterocycles. The molecule has 2 aromatic rings. The molecule has 3 heteroatoms. The Morgan fingerprint density at radius 3 is 3.00 bits per heavy atom. The highest BCUT2D eigenvalue weighted by Crippen LogP contribution is 2.32. The van der Waals surface area contributed by atoms with E-state index in [2.05, 4.69) is 18.4 Å². The largest absolute Gasteiger partial charge is 0.192 e. The van der Waals surface area contributed by atoms with Crippen molar-refractivity contribution in [3.63, 3.8) is 0 Å². The molecule has 1 nitrogen and oxygen atoms in total. The second kappa shape index (κ2) is 2.33. The van der Waals surface area contributed by atoms with Crippen LogP contribution in [0.25, 0.3) is 9.40 Å². The van der Waals surface area contributed by atoms with Crippen molar-refractivity contribution in [2.24, 2.45) is 0 Å². The van der Waals surface area contributed by atoms with Crippen LogP contribution in [0.15, 0.2) is 11.4 Å². The van der Waals surface area contributed by atoms with Crippen LogP contribution in [0.5, 0.6) is 0 Å². The molecule has 0 aliphatic rings. The molecule has 0 unspecified atom stereocenters. The van der Waals surface area contributed by atoms with Gasteiger partial charge in [0.15, 0.2) is 0 Å². The van der Waals surface area contributed by atoms with Gasteiger partial charge < -0.3 is 0 Å². The maximum atomic E-state index is 8.61. The second-order valence-electron chi connectivity index (χ2n) is 2.33. The zero-order valence-corrected chi connectivity index (χ0v) is 7.55. The van der Waals surface area contributed by atoms with Gasteiger partial charge in [-0.15, -0.1) is 22.7 Å². The minimum atomic E-state index is 0.815. The van der Waals surface area contributed by atoms with Crippen molar-refractivity contribution in [3.05, 3.63) is 21.9 Å². The Kier molecular flexibility index (Phi) is 1.45. The van der Waals surface area contributed by atoms with Gasteiger partial charge in [0.05, 0.1) is 0 Å². The topological polar surface area (TPSA) is 23.8 Å². The zero-order valence-electron chi connectivity index (χ0n) is 5.92. The summed E-state index contributed by atoms with van der Waals surface area (Å²) in [6.45, 7) is 2.08. The normalized spacial score (nSPS) is 10.2. The van der Waals surface area contributed by atoms with Crippen LogP contribution in [-0.4, -0.2) is 0 Å². The second-order valence-corrected chi connectivity index (χ2v) is 4.30. The minimum absolute atomic E-state index is 0.815. The quantitative estimate of drug-likeness (QED) is 0.609. The Bertz CT molecular complexity index is 430. The summed E-state index contributed by atoms with van der Waals surface area (Å²) in [6, 6.07) is 4.11. The lowest BCUT2D eigenvalue weighted by Crippen LogP contribution is -1.55. The molecule has 0 spiro atoms. The van der Waals surface area contributed by atoms with E-state index in [9.17, 15) is 0 Å². The first-order valence-corrected chi connectivity index (χ1v) is 4.88. The fourth-order valence-electron chi connectivity index (χ4n) is 0.997. The smallest absolute Gasteiger partial charge is 0.110 e. The third-order valence-corrected chi connectivity index (χ3v) is 3.88. The van der Waals surface area contributed by atoms with Crippen molar-refractivity contribution in [2.75, 3.05) is 0 Å². The highest BCUT2D eigenvalue weighted by Gasteiger charge is 2.04. The first kappa shape index (κ1) is 6.84. The Balaban J connectivity index is 2.82. The van der Waals surface area contributed by atoms with Crippen molar-refractivity contribution in [3.8, 4) is 6.07 Å². The van der Waals surface area contributed by atoms with E-state index in [1.807, 2.05) is 6.07 Å². The van der Waals surface area contributed by atoms with E-state index in [0.717, 1.165) is 4.88 Å². The summed E-state index contributed by atoms with van der Waals surface area (Å²) in [7, 11) is 0. The Morgan fingerprint density at radius 1 is 1.55 bits per heavy atom. The van der Waals surface area contributed by atoms with E-state index in [1.165, 1.54) is 15.0 Å². The average molecular weight is 179 g/mol. The molecule has 0 fully saturated rings. The van der Waals surface area contributed by atoms with Crippen LogP contribution >= 0.6 is 22.7 Å². The van der Waals surface area contributed by atoms with Crippen molar-refractivity contribution in [2.45, 2.75) is 6.92 Å². The molecule has 0 aliphatic carbocycles.